The second-order valence-electron chi connectivity index (χ2n) is 9.57. The number of Topliss-reactive ketones (excluding diaryl/α,β-unsaturated/α-hetero) is 1. The van der Waals surface area contributed by atoms with Gasteiger partial charge in [-0.2, -0.15) is 0 Å². The van der Waals surface area contributed by atoms with Crippen molar-refractivity contribution in [2.24, 2.45) is 0 Å². The maximum Gasteiger partial charge on any atom is 0.296 e. The summed E-state index contributed by atoms with van der Waals surface area (Å²) in [5, 5.41) is 21.3. The van der Waals surface area contributed by atoms with Crippen LogP contribution in [0, 0.1) is 0 Å². The average Bonchev–Trinajstić information content (AvgIpc) is 3.69. The molecule has 1 aliphatic heterocycles. The highest BCUT2D eigenvalue weighted by Gasteiger charge is 2.46. The van der Waals surface area contributed by atoms with Crippen LogP contribution in [0.25, 0.3) is 11.0 Å². The number of anilines is 2. The summed E-state index contributed by atoms with van der Waals surface area (Å²) >= 11 is 8.68. The lowest BCUT2D eigenvalue weighted by Crippen LogP contribution is -2.31. The monoisotopic (exact) mass is 602 g/mol. The van der Waals surface area contributed by atoms with E-state index in [1.54, 1.807) is 12.1 Å². The summed E-state index contributed by atoms with van der Waals surface area (Å²) in [6.45, 7) is 0. The van der Waals surface area contributed by atoms with Gasteiger partial charge in [-0.3, -0.25) is 14.5 Å². The van der Waals surface area contributed by atoms with Crippen molar-refractivity contribution < 1.29 is 19.1 Å². The molecule has 0 saturated carbocycles. The molecular weight excluding hydrogens is 580 g/mol. The van der Waals surface area contributed by atoms with E-state index in [0.717, 1.165) is 16.6 Å². The number of carbonyl (C=O) groups is 2. The van der Waals surface area contributed by atoms with E-state index in [4.69, 9.17) is 16.0 Å². The predicted octanol–water partition coefficient (Wildman–Crippen LogP) is 7.08. The molecule has 41 heavy (non-hydrogen) atoms. The third-order valence-corrected chi connectivity index (χ3v) is 9.08. The normalized spacial score (nSPS) is 15.2. The summed E-state index contributed by atoms with van der Waals surface area (Å²) in [5.41, 5.74) is 3.11. The first-order valence-corrected chi connectivity index (χ1v) is 14.8. The van der Waals surface area contributed by atoms with Crippen molar-refractivity contribution in [3.05, 3.63) is 112 Å². The van der Waals surface area contributed by atoms with Crippen molar-refractivity contribution in [1.29, 1.82) is 0 Å². The Hall–Kier alpha value is -4.12. The predicted molar refractivity (Wildman–Crippen MR) is 162 cm³/mol. The standard InChI is InChI=1S/C30H23ClN4O4S2/c1-34(2)21-13-9-18(10-14-21)25-24(26(36)23-15-19-5-3-4-6-22(19)39-23)27(37)28(38)35(25)29-32-33-30(41-29)40-16-17-7-11-20(31)12-8-17/h3-15,25,37H,16H2,1-2H3/t25-/m1/s1. The van der Waals surface area contributed by atoms with Crippen molar-refractivity contribution in [2.45, 2.75) is 16.1 Å². The van der Waals surface area contributed by atoms with Crippen LogP contribution >= 0.6 is 34.7 Å². The Balaban J connectivity index is 1.36. The Labute approximate surface area is 248 Å². The SMILES string of the molecule is CN(C)c1ccc([C@@H]2C(C(=O)c3cc4ccccc4o3)=C(O)C(=O)N2c2nnc(SCc3ccc(Cl)cc3)s2)cc1. The number of fused-ring (bicyclic) bond motifs is 1. The minimum absolute atomic E-state index is 0.0359. The van der Waals surface area contributed by atoms with Crippen molar-refractivity contribution >= 4 is 68.2 Å². The van der Waals surface area contributed by atoms with Gasteiger partial charge in [0.25, 0.3) is 5.91 Å². The van der Waals surface area contributed by atoms with Crippen molar-refractivity contribution in [2.75, 3.05) is 23.9 Å². The maximum absolute atomic E-state index is 13.9. The maximum atomic E-state index is 13.9. The highest BCUT2D eigenvalue weighted by atomic mass is 35.5. The topological polar surface area (TPSA) is 99.8 Å². The van der Waals surface area contributed by atoms with Crippen molar-refractivity contribution in [3.63, 3.8) is 0 Å². The number of hydrogen-bond donors (Lipinski definition) is 1. The van der Waals surface area contributed by atoms with Gasteiger partial charge >= 0.3 is 0 Å². The first kappa shape index (κ1) is 27.1. The van der Waals surface area contributed by atoms with Gasteiger partial charge in [-0.15, -0.1) is 10.2 Å². The number of benzene rings is 3. The van der Waals surface area contributed by atoms with Crippen LogP contribution in [0.15, 0.2) is 99.0 Å². The number of rotatable bonds is 8. The van der Waals surface area contributed by atoms with Crippen molar-refractivity contribution in [1.82, 2.24) is 10.2 Å². The van der Waals surface area contributed by atoms with Gasteiger partial charge in [0.15, 0.2) is 15.9 Å². The number of hydrogen-bond acceptors (Lipinski definition) is 9. The Morgan fingerprint density at radius 2 is 1.80 bits per heavy atom. The van der Waals surface area contributed by atoms with Crippen LogP contribution in [0.4, 0.5) is 10.8 Å². The quantitative estimate of drug-likeness (QED) is 0.114. The lowest BCUT2D eigenvalue weighted by Gasteiger charge is -2.24. The molecule has 1 atom stereocenters. The molecule has 0 fully saturated rings. The molecule has 3 aromatic carbocycles. The van der Waals surface area contributed by atoms with Crippen LogP contribution in [0.1, 0.15) is 27.7 Å². The Morgan fingerprint density at radius 3 is 2.51 bits per heavy atom. The molecule has 0 unspecified atom stereocenters. The van der Waals surface area contributed by atoms with Crippen LogP contribution in [0.5, 0.6) is 0 Å². The van der Waals surface area contributed by atoms with Gasteiger partial charge < -0.3 is 14.4 Å². The molecule has 1 N–H and O–H groups in total. The van der Waals surface area contributed by atoms with Gasteiger partial charge in [0.05, 0.1) is 11.6 Å². The van der Waals surface area contributed by atoms with Gasteiger partial charge in [-0.05, 0) is 47.5 Å². The number of amides is 1. The van der Waals surface area contributed by atoms with E-state index in [9.17, 15) is 14.7 Å². The minimum Gasteiger partial charge on any atom is -0.503 e. The number of aliphatic hydroxyl groups is 1. The van der Waals surface area contributed by atoms with Crippen LogP contribution in [0.2, 0.25) is 5.02 Å². The summed E-state index contributed by atoms with van der Waals surface area (Å²) < 4.78 is 6.46. The molecule has 206 valence electrons. The number of ketones is 1. The zero-order valence-electron chi connectivity index (χ0n) is 21.9. The van der Waals surface area contributed by atoms with E-state index in [-0.39, 0.29) is 16.5 Å². The lowest BCUT2D eigenvalue weighted by atomic mass is 9.95. The van der Waals surface area contributed by atoms with E-state index in [1.807, 2.05) is 85.7 Å². The molecule has 0 bridgehead atoms. The summed E-state index contributed by atoms with van der Waals surface area (Å²) in [6, 6.07) is 22.9. The largest absolute Gasteiger partial charge is 0.503 e. The first-order chi connectivity index (χ1) is 19.8. The molecule has 0 aliphatic carbocycles. The van der Waals surface area contributed by atoms with Gasteiger partial charge in [-0.25, -0.2) is 0 Å². The third kappa shape index (κ3) is 5.21. The fraction of sp³-hybridized carbons (Fsp3) is 0.133. The fourth-order valence-electron chi connectivity index (χ4n) is 4.62. The van der Waals surface area contributed by atoms with E-state index in [0.29, 0.717) is 26.3 Å². The van der Waals surface area contributed by atoms with Crippen molar-refractivity contribution in [3.8, 4) is 0 Å². The van der Waals surface area contributed by atoms with Gasteiger partial charge in [0.2, 0.25) is 10.9 Å². The van der Waals surface area contributed by atoms with E-state index in [1.165, 1.54) is 28.0 Å². The summed E-state index contributed by atoms with van der Waals surface area (Å²) in [7, 11) is 3.85. The minimum atomic E-state index is -0.929. The highest BCUT2D eigenvalue weighted by molar-refractivity contribution is 8.00. The highest BCUT2D eigenvalue weighted by Crippen LogP contribution is 2.44. The van der Waals surface area contributed by atoms with E-state index in [2.05, 4.69) is 10.2 Å². The Morgan fingerprint density at radius 1 is 1.07 bits per heavy atom. The Kier molecular flexibility index (Phi) is 7.29. The molecule has 0 radical (unpaired) electrons. The number of nitrogens with zero attached hydrogens (tertiary/aromatic N) is 4. The number of aliphatic hydroxyl groups excluding tert-OH is 1. The second kappa shape index (κ2) is 11.0. The van der Waals surface area contributed by atoms with Gasteiger partial charge in [0, 0.05) is 35.9 Å². The Bertz CT molecular complexity index is 1760. The third-order valence-electron chi connectivity index (χ3n) is 6.70. The molecular formula is C30H23ClN4O4S2. The molecule has 6 rings (SSSR count). The second-order valence-corrected chi connectivity index (χ2v) is 12.2. The summed E-state index contributed by atoms with van der Waals surface area (Å²) in [4.78, 5) is 30.7. The molecule has 3 heterocycles. The fourth-order valence-corrected chi connectivity index (χ4v) is 6.56. The number of furan rings is 1. The number of aromatic nitrogens is 2. The molecule has 1 aliphatic rings. The molecule has 8 nitrogen and oxygen atoms in total. The molecule has 2 aromatic heterocycles. The van der Waals surface area contributed by atoms with E-state index >= 15 is 0 Å². The van der Waals surface area contributed by atoms with Crippen LogP contribution in [-0.2, 0) is 10.5 Å². The first-order valence-electron chi connectivity index (χ1n) is 12.6. The van der Waals surface area contributed by atoms with Gasteiger partial charge in [-0.1, -0.05) is 77.2 Å². The van der Waals surface area contributed by atoms with Crippen LogP contribution in [0.3, 0.4) is 0 Å². The van der Waals surface area contributed by atoms with E-state index < -0.39 is 23.5 Å². The molecule has 5 aromatic rings. The molecule has 11 heteroatoms. The molecule has 1 amide bonds. The molecule has 0 spiro atoms. The average molecular weight is 603 g/mol. The zero-order chi connectivity index (χ0) is 28.7. The van der Waals surface area contributed by atoms with Crippen LogP contribution in [-0.4, -0.2) is 41.1 Å². The number of thioether (sulfide) groups is 1. The van der Waals surface area contributed by atoms with Gasteiger partial charge in [0.1, 0.15) is 5.58 Å². The molecule has 0 saturated heterocycles. The summed E-state index contributed by atoms with van der Waals surface area (Å²) in [5.74, 6) is -1.26. The lowest BCUT2D eigenvalue weighted by molar-refractivity contribution is -0.117. The number of halogens is 1. The number of carbonyl (C=O) groups excluding carboxylic acids is 2. The number of para-hydroxylation sites is 1. The smallest absolute Gasteiger partial charge is 0.296 e. The van der Waals surface area contributed by atoms with Crippen LogP contribution < -0.4 is 9.80 Å². The zero-order valence-corrected chi connectivity index (χ0v) is 24.3. The summed E-state index contributed by atoms with van der Waals surface area (Å²) in [6.07, 6.45) is 0.